The smallest absolute Gasteiger partial charge is 0.151 e. The minimum absolute atomic E-state index is 0.370. The van der Waals surface area contributed by atoms with Crippen molar-refractivity contribution in [3.05, 3.63) is 36.4 Å². The van der Waals surface area contributed by atoms with Crippen molar-refractivity contribution in [1.82, 2.24) is 15.0 Å². The molecule has 1 aliphatic heterocycles. The van der Waals surface area contributed by atoms with Crippen LogP contribution < -0.4 is 0 Å². The Hall–Kier alpha value is -1.72. The van der Waals surface area contributed by atoms with Crippen molar-refractivity contribution in [2.45, 2.75) is 38.8 Å². The highest BCUT2D eigenvalue weighted by molar-refractivity contribution is 5.57. The lowest BCUT2D eigenvalue weighted by Crippen LogP contribution is -2.32. The molecule has 1 fully saturated rings. The second-order valence-corrected chi connectivity index (χ2v) is 5.78. The van der Waals surface area contributed by atoms with Gasteiger partial charge in [0.25, 0.3) is 0 Å². The first kappa shape index (κ1) is 15.2. The summed E-state index contributed by atoms with van der Waals surface area (Å²) in [4.78, 5) is 6.42. The van der Waals surface area contributed by atoms with Gasteiger partial charge in [0.2, 0.25) is 0 Å². The standard InChI is InChI=1S/C17H23N3O2/c1-2-9-20(12-15-4-3-10-21-15)13-16-11-17(19-22-16)14-5-7-18-8-6-14/h5-8,11,15H,2-4,9-10,12-13H2,1H3. The molecule has 1 unspecified atom stereocenters. The molecule has 1 saturated heterocycles. The molecule has 0 saturated carbocycles. The van der Waals surface area contributed by atoms with E-state index in [2.05, 4.69) is 22.0 Å². The summed E-state index contributed by atoms with van der Waals surface area (Å²) in [6, 6.07) is 5.91. The predicted molar refractivity (Wildman–Crippen MR) is 84.3 cm³/mol. The van der Waals surface area contributed by atoms with E-state index in [9.17, 15) is 0 Å². The van der Waals surface area contributed by atoms with Crippen LogP contribution in [0.25, 0.3) is 11.3 Å². The van der Waals surface area contributed by atoms with Gasteiger partial charge in [0.1, 0.15) is 5.69 Å². The lowest BCUT2D eigenvalue weighted by Gasteiger charge is -2.23. The van der Waals surface area contributed by atoms with Gasteiger partial charge in [-0.25, -0.2) is 0 Å². The molecule has 0 bridgehead atoms. The molecule has 0 amide bonds. The first-order chi connectivity index (χ1) is 10.8. The Morgan fingerprint density at radius 1 is 1.32 bits per heavy atom. The summed E-state index contributed by atoms with van der Waals surface area (Å²) >= 11 is 0. The number of hydrogen-bond donors (Lipinski definition) is 0. The van der Waals surface area contributed by atoms with Crippen molar-refractivity contribution in [2.24, 2.45) is 0 Å². The number of ether oxygens (including phenoxy) is 1. The Morgan fingerprint density at radius 2 is 2.18 bits per heavy atom. The van der Waals surface area contributed by atoms with Crippen LogP contribution in [-0.2, 0) is 11.3 Å². The van der Waals surface area contributed by atoms with E-state index in [-0.39, 0.29) is 0 Å². The molecule has 1 atom stereocenters. The largest absolute Gasteiger partial charge is 0.377 e. The fraction of sp³-hybridized carbons (Fsp3) is 0.529. The first-order valence-corrected chi connectivity index (χ1v) is 8.05. The average Bonchev–Trinajstić information content (AvgIpc) is 3.20. The quantitative estimate of drug-likeness (QED) is 0.786. The minimum atomic E-state index is 0.370. The Bertz CT molecular complexity index is 564. The lowest BCUT2D eigenvalue weighted by molar-refractivity contribution is 0.0676. The summed E-state index contributed by atoms with van der Waals surface area (Å²) in [5, 5.41) is 4.17. The highest BCUT2D eigenvalue weighted by Crippen LogP contribution is 2.20. The van der Waals surface area contributed by atoms with Gasteiger partial charge in [0.05, 0.1) is 12.6 Å². The third kappa shape index (κ3) is 3.93. The van der Waals surface area contributed by atoms with Crippen LogP contribution in [0.3, 0.4) is 0 Å². The molecule has 0 aliphatic carbocycles. The van der Waals surface area contributed by atoms with E-state index in [0.717, 1.165) is 49.7 Å². The van der Waals surface area contributed by atoms with Crippen LogP contribution in [0.4, 0.5) is 0 Å². The second kappa shape index (κ2) is 7.51. The van der Waals surface area contributed by atoms with Crippen molar-refractivity contribution in [3.8, 4) is 11.3 Å². The van der Waals surface area contributed by atoms with Gasteiger partial charge in [-0.1, -0.05) is 12.1 Å². The molecule has 0 N–H and O–H groups in total. The van der Waals surface area contributed by atoms with E-state index in [1.165, 1.54) is 12.8 Å². The van der Waals surface area contributed by atoms with Crippen LogP contribution in [0.2, 0.25) is 0 Å². The van der Waals surface area contributed by atoms with Gasteiger partial charge in [-0.05, 0) is 37.9 Å². The average molecular weight is 301 g/mol. The van der Waals surface area contributed by atoms with Crippen LogP contribution in [-0.4, -0.2) is 40.8 Å². The third-order valence-electron chi connectivity index (χ3n) is 3.94. The van der Waals surface area contributed by atoms with Crippen molar-refractivity contribution < 1.29 is 9.26 Å². The van der Waals surface area contributed by atoms with Gasteiger partial charge in [-0.2, -0.15) is 0 Å². The van der Waals surface area contributed by atoms with Crippen LogP contribution in [0.5, 0.6) is 0 Å². The van der Waals surface area contributed by atoms with Crippen molar-refractivity contribution in [3.63, 3.8) is 0 Å². The van der Waals surface area contributed by atoms with Gasteiger partial charge >= 0.3 is 0 Å². The molecule has 118 valence electrons. The Labute approximate surface area is 131 Å². The van der Waals surface area contributed by atoms with Crippen molar-refractivity contribution in [1.29, 1.82) is 0 Å². The predicted octanol–water partition coefficient (Wildman–Crippen LogP) is 3.13. The zero-order valence-corrected chi connectivity index (χ0v) is 13.1. The summed E-state index contributed by atoms with van der Waals surface area (Å²) in [5.74, 6) is 0.901. The van der Waals surface area contributed by atoms with E-state index in [1.807, 2.05) is 18.2 Å². The zero-order valence-electron chi connectivity index (χ0n) is 13.1. The van der Waals surface area contributed by atoms with Gasteiger partial charge in [-0.3, -0.25) is 9.88 Å². The molecule has 2 aromatic heterocycles. The van der Waals surface area contributed by atoms with Crippen LogP contribution >= 0.6 is 0 Å². The van der Waals surface area contributed by atoms with E-state index in [0.29, 0.717) is 6.10 Å². The molecule has 5 heteroatoms. The summed E-state index contributed by atoms with van der Waals surface area (Å²) < 4.78 is 11.3. The zero-order chi connectivity index (χ0) is 15.2. The maximum absolute atomic E-state index is 5.75. The molecule has 1 aliphatic rings. The maximum atomic E-state index is 5.75. The topological polar surface area (TPSA) is 51.4 Å². The Kier molecular flexibility index (Phi) is 5.19. The monoisotopic (exact) mass is 301 g/mol. The van der Waals surface area contributed by atoms with Crippen molar-refractivity contribution in [2.75, 3.05) is 19.7 Å². The van der Waals surface area contributed by atoms with Crippen LogP contribution in [0.1, 0.15) is 31.9 Å². The fourth-order valence-corrected chi connectivity index (χ4v) is 2.89. The molecule has 3 rings (SSSR count). The van der Waals surface area contributed by atoms with E-state index in [4.69, 9.17) is 9.26 Å². The third-order valence-corrected chi connectivity index (χ3v) is 3.94. The number of hydrogen-bond acceptors (Lipinski definition) is 5. The second-order valence-electron chi connectivity index (χ2n) is 5.78. The number of nitrogens with zero attached hydrogens (tertiary/aromatic N) is 3. The molecule has 0 spiro atoms. The van der Waals surface area contributed by atoms with Gasteiger partial charge in [-0.15, -0.1) is 0 Å². The first-order valence-electron chi connectivity index (χ1n) is 8.05. The van der Waals surface area contributed by atoms with E-state index < -0.39 is 0 Å². The van der Waals surface area contributed by atoms with E-state index >= 15 is 0 Å². The highest BCUT2D eigenvalue weighted by atomic mass is 16.5. The number of aromatic nitrogens is 2. The highest BCUT2D eigenvalue weighted by Gasteiger charge is 2.20. The maximum Gasteiger partial charge on any atom is 0.151 e. The summed E-state index contributed by atoms with van der Waals surface area (Å²) in [5.41, 5.74) is 1.90. The molecular weight excluding hydrogens is 278 g/mol. The summed E-state index contributed by atoms with van der Waals surface area (Å²) in [6.07, 6.45) is 7.37. The van der Waals surface area contributed by atoms with E-state index in [1.54, 1.807) is 12.4 Å². The SMILES string of the molecule is CCCN(Cc1cc(-c2ccncc2)no1)CC1CCCO1. The van der Waals surface area contributed by atoms with Crippen LogP contribution in [0.15, 0.2) is 35.1 Å². The Balaban J connectivity index is 1.63. The Morgan fingerprint density at radius 3 is 2.91 bits per heavy atom. The number of rotatable bonds is 7. The molecule has 22 heavy (non-hydrogen) atoms. The van der Waals surface area contributed by atoms with Crippen LogP contribution in [0, 0.1) is 0 Å². The molecule has 3 heterocycles. The fourth-order valence-electron chi connectivity index (χ4n) is 2.89. The minimum Gasteiger partial charge on any atom is -0.377 e. The molecule has 5 nitrogen and oxygen atoms in total. The summed E-state index contributed by atoms with van der Waals surface area (Å²) in [6.45, 7) is 5.90. The van der Waals surface area contributed by atoms with Gasteiger partial charge in [0.15, 0.2) is 5.76 Å². The molecule has 0 radical (unpaired) electrons. The van der Waals surface area contributed by atoms with Gasteiger partial charge in [0, 0.05) is 37.2 Å². The molecular formula is C17H23N3O2. The molecule has 0 aromatic carbocycles. The van der Waals surface area contributed by atoms with Crippen molar-refractivity contribution >= 4 is 0 Å². The lowest BCUT2D eigenvalue weighted by atomic mass is 10.2. The summed E-state index contributed by atoms with van der Waals surface area (Å²) in [7, 11) is 0. The van der Waals surface area contributed by atoms with Gasteiger partial charge < -0.3 is 9.26 Å². The normalized spacial score (nSPS) is 18.2. The molecule has 2 aromatic rings. The number of pyridine rings is 1.